The minimum atomic E-state index is -0.926. The van der Waals surface area contributed by atoms with Crippen LogP contribution in [0.2, 0.25) is 0 Å². The van der Waals surface area contributed by atoms with Crippen molar-refractivity contribution in [2.24, 2.45) is 0 Å². The topological polar surface area (TPSA) is 60.9 Å². The van der Waals surface area contributed by atoms with Crippen molar-refractivity contribution in [2.75, 3.05) is 20.1 Å². The third-order valence-electron chi connectivity index (χ3n) is 2.60. The Hall–Kier alpha value is -1.56. The van der Waals surface area contributed by atoms with E-state index in [1.54, 1.807) is 28.3 Å². The standard InChI is InChI=1S/C10H12N2O3S/c1-11-3-4-12(10(11)15)6-7-2-5-16-8(7)9(13)14/h2,5H,3-4,6H2,1H3,(H,13,14). The molecule has 0 radical (unpaired) electrons. The Labute approximate surface area is 96.9 Å². The number of carboxylic acids is 1. The molecule has 0 bridgehead atoms. The first-order chi connectivity index (χ1) is 7.59. The predicted molar refractivity (Wildman–Crippen MR) is 59.7 cm³/mol. The molecule has 0 atom stereocenters. The number of rotatable bonds is 3. The van der Waals surface area contributed by atoms with Gasteiger partial charge in [0.2, 0.25) is 0 Å². The summed E-state index contributed by atoms with van der Waals surface area (Å²) in [4.78, 5) is 26.1. The van der Waals surface area contributed by atoms with Gasteiger partial charge in [-0.05, 0) is 17.0 Å². The molecule has 1 aromatic rings. The van der Waals surface area contributed by atoms with Crippen LogP contribution in [0, 0.1) is 0 Å². The molecule has 2 rings (SSSR count). The van der Waals surface area contributed by atoms with E-state index in [1.165, 1.54) is 11.3 Å². The number of likely N-dealkylation sites (N-methyl/N-ethyl adjacent to an activating group) is 1. The summed E-state index contributed by atoms with van der Waals surface area (Å²) in [6.07, 6.45) is 0. The van der Waals surface area contributed by atoms with Crippen molar-refractivity contribution in [2.45, 2.75) is 6.54 Å². The molecule has 0 aliphatic carbocycles. The lowest BCUT2D eigenvalue weighted by molar-refractivity contribution is 0.0700. The Kier molecular flexibility index (Phi) is 2.82. The maximum Gasteiger partial charge on any atom is 0.346 e. The zero-order chi connectivity index (χ0) is 11.7. The number of carboxylic acid groups (broad SMARTS) is 1. The molecule has 1 N–H and O–H groups in total. The molecule has 0 aromatic carbocycles. The van der Waals surface area contributed by atoms with E-state index in [0.29, 0.717) is 30.1 Å². The number of nitrogens with zero attached hydrogens (tertiary/aromatic N) is 2. The molecule has 1 aromatic heterocycles. The average Bonchev–Trinajstić information content (AvgIpc) is 2.80. The van der Waals surface area contributed by atoms with Crippen molar-refractivity contribution < 1.29 is 14.7 Å². The van der Waals surface area contributed by atoms with E-state index < -0.39 is 5.97 Å². The number of hydrogen-bond acceptors (Lipinski definition) is 3. The van der Waals surface area contributed by atoms with Crippen LogP contribution in [0.15, 0.2) is 11.4 Å². The summed E-state index contributed by atoms with van der Waals surface area (Å²) in [7, 11) is 1.74. The Balaban J connectivity index is 2.12. The van der Waals surface area contributed by atoms with Gasteiger partial charge >= 0.3 is 12.0 Å². The Bertz CT molecular complexity index is 429. The van der Waals surface area contributed by atoms with Crippen molar-refractivity contribution in [3.05, 3.63) is 21.9 Å². The van der Waals surface area contributed by atoms with Crippen LogP contribution in [0.3, 0.4) is 0 Å². The van der Waals surface area contributed by atoms with Gasteiger partial charge in [0, 0.05) is 26.7 Å². The highest BCUT2D eigenvalue weighted by Gasteiger charge is 2.26. The summed E-state index contributed by atoms with van der Waals surface area (Å²) in [6, 6.07) is 1.72. The molecular weight excluding hydrogens is 228 g/mol. The Morgan fingerprint density at radius 2 is 2.31 bits per heavy atom. The van der Waals surface area contributed by atoms with E-state index in [9.17, 15) is 9.59 Å². The number of amides is 2. The van der Waals surface area contributed by atoms with Gasteiger partial charge in [0.05, 0.1) is 0 Å². The van der Waals surface area contributed by atoms with E-state index >= 15 is 0 Å². The van der Waals surface area contributed by atoms with Crippen LogP contribution < -0.4 is 0 Å². The lowest BCUT2D eigenvalue weighted by atomic mass is 10.2. The van der Waals surface area contributed by atoms with E-state index in [-0.39, 0.29) is 6.03 Å². The second-order valence-electron chi connectivity index (χ2n) is 3.71. The fourth-order valence-corrected chi connectivity index (χ4v) is 2.46. The number of carbonyl (C=O) groups is 2. The summed E-state index contributed by atoms with van der Waals surface area (Å²) in [6.45, 7) is 1.74. The molecule has 16 heavy (non-hydrogen) atoms. The van der Waals surface area contributed by atoms with E-state index in [4.69, 9.17) is 5.11 Å². The zero-order valence-corrected chi connectivity index (χ0v) is 9.66. The summed E-state index contributed by atoms with van der Waals surface area (Å²) in [5.41, 5.74) is 0.709. The largest absolute Gasteiger partial charge is 0.477 e. The fourth-order valence-electron chi connectivity index (χ4n) is 1.70. The van der Waals surface area contributed by atoms with Crippen LogP contribution in [0.1, 0.15) is 15.2 Å². The fraction of sp³-hybridized carbons (Fsp3) is 0.400. The SMILES string of the molecule is CN1CCN(Cc2ccsc2C(=O)O)C1=O. The third kappa shape index (κ3) is 1.88. The van der Waals surface area contributed by atoms with Crippen LogP contribution in [-0.4, -0.2) is 47.0 Å². The monoisotopic (exact) mass is 240 g/mol. The second kappa shape index (κ2) is 4.13. The maximum absolute atomic E-state index is 11.6. The van der Waals surface area contributed by atoms with Gasteiger partial charge in [0.15, 0.2) is 0 Å². The zero-order valence-electron chi connectivity index (χ0n) is 8.84. The molecule has 86 valence electrons. The molecule has 0 saturated carbocycles. The van der Waals surface area contributed by atoms with Gasteiger partial charge in [0.1, 0.15) is 4.88 Å². The van der Waals surface area contributed by atoms with Crippen molar-refractivity contribution in [3.63, 3.8) is 0 Å². The lowest BCUT2D eigenvalue weighted by Crippen LogP contribution is -2.29. The van der Waals surface area contributed by atoms with Gasteiger partial charge in [-0.2, -0.15) is 0 Å². The van der Waals surface area contributed by atoms with E-state index in [2.05, 4.69) is 0 Å². The van der Waals surface area contributed by atoms with Crippen molar-refractivity contribution in [1.82, 2.24) is 9.80 Å². The van der Waals surface area contributed by atoms with Gasteiger partial charge < -0.3 is 14.9 Å². The minimum Gasteiger partial charge on any atom is -0.477 e. The van der Waals surface area contributed by atoms with Crippen LogP contribution in [0.25, 0.3) is 0 Å². The average molecular weight is 240 g/mol. The van der Waals surface area contributed by atoms with Gasteiger partial charge in [-0.3, -0.25) is 0 Å². The first kappa shape index (κ1) is 10.9. The summed E-state index contributed by atoms with van der Waals surface area (Å²) >= 11 is 1.19. The summed E-state index contributed by atoms with van der Waals surface area (Å²) in [5.74, 6) is -0.926. The molecule has 6 heteroatoms. The first-order valence-electron chi connectivity index (χ1n) is 4.89. The highest BCUT2D eigenvalue weighted by atomic mass is 32.1. The smallest absolute Gasteiger partial charge is 0.346 e. The Morgan fingerprint density at radius 1 is 1.56 bits per heavy atom. The number of urea groups is 1. The molecule has 5 nitrogen and oxygen atoms in total. The van der Waals surface area contributed by atoms with Crippen LogP contribution >= 0.6 is 11.3 Å². The number of thiophene rings is 1. The van der Waals surface area contributed by atoms with Crippen molar-refractivity contribution >= 4 is 23.3 Å². The van der Waals surface area contributed by atoms with Crippen LogP contribution in [0.4, 0.5) is 4.79 Å². The Morgan fingerprint density at radius 3 is 2.88 bits per heavy atom. The van der Waals surface area contributed by atoms with Crippen molar-refractivity contribution in [1.29, 1.82) is 0 Å². The minimum absolute atomic E-state index is 0.0393. The van der Waals surface area contributed by atoms with Gasteiger partial charge in [-0.15, -0.1) is 11.3 Å². The molecule has 1 fully saturated rings. The highest BCUT2D eigenvalue weighted by molar-refractivity contribution is 7.12. The second-order valence-corrected chi connectivity index (χ2v) is 4.62. The molecule has 1 aliphatic heterocycles. The van der Waals surface area contributed by atoms with Crippen LogP contribution in [0.5, 0.6) is 0 Å². The third-order valence-corrected chi connectivity index (χ3v) is 3.55. The predicted octanol–water partition coefficient (Wildman–Crippen LogP) is 1.31. The van der Waals surface area contributed by atoms with Gasteiger partial charge in [-0.1, -0.05) is 0 Å². The quantitative estimate of drug-likeness (QED) is 0.866. The molecule has 2 heterocycles. The molecule has 0 spiro atoms. The van der Waals surface area contributed by atoms with Gasteiger partial charge in [-0.25, -0.2) is 9.59 Å². The molecule has 1 saturated heterocycles. The summed E-state index contributed by atoms with van der Waals surface area (Å²) < 4.78 is 0. The van der Waals surface area contributed by atoms with Gasteiger partial charge in [0.25, 0.3) is 0 Å². The first-order valence-corrected chi connectivity index (χ1v) is 5.77. The van der Waals surface area contributed by atoms with E-state index in [1.807, 2.05) is 0 Å². The van der Waals surface area contributed by atoms with Crippen LogP contribution in [-0.2, 0) is 6.54 Å². The number of hydrogen-bond donors (Lipinski definition) is 1. The van der Waals surface area contributed by atoms with Crippen molar-refractivity contribution in [3.8, 4) is 0 Å². The molecule has 2 amide bonds. The molecule has 1 aliphatic rings. The number of carbonyl (C=O) groups excluding carboxylic acids is 1. The maximum atomic E-state index is 11.6. The van der Waals surface area contributed by atoms with E-state index in [0.717, 1.165) is 0 Å². The molecular formula is C10H12N2O3S. The summed E-state index contributed by atoms with van der Waals surface area (Å²) in [5, 5.41) is 10.7. The molecule has 0 unspecified atom stereocenters. The number of aromatic carboxylic acids is 1. The highest BCUT2D eigenvalue weighted by Crippen LogP contribution is 2.20. The lowest BCUT2D eigenvalue weighted by Gasteiger charge is -2.15. The normalized spacial score (nSPS) is 15.9.